The van der Waals surface area contributed by atoms with Gasteiger partial charge in [-0.2, -0.15) is 0 Å². The Labute approximate surface area is 134 Å². The van der Waals surface area contributed by atoms with Crippen molar-refractivity contribution in [3.63, 3.8) is 0 Å². The molecule has 22 heavy (non-hydrogen) atoms. The molecule has 0 aromatic carbocycles. The maximum absolute atomic E-state index is 11.6. The van der Waals surface area contributed by atoms with Crippen molar-refractivity contribution in [2.24, 2.45) is 10.4 Å². The van der Waals surface area contributed by atoms with Gasteiger partial charge in [-0.25, -0.2) is 0 Å². The molecule has 0 saturated heterocycles. The van der Waals surface area contributed by atoms with E-state index in [9.17, 15) is 4.79 Å². The molecule has 6 heteroatoms. The highest BCUT2D eigenvalue weighted by atomic mass is 16.5. The first kappa shape index (κ1) is 18.7. The standard InChI is InChI=1S/C16H32N4O2/c1-16(2,3)13(22-5)11-19-15(17-4)18-10-6-7-14(21)20-12-8-9-12/h12-13H,6-11H2,1-5H3,(H,20,21)(H2,17,18,19). The van der Waals surface area contributed by atoms with Gasteiger partial charge in [0.05, 0.1) is 6.10 Å². The third kappa shape index (κ3) is 7.64. The molecule has 0 spiro atoms. The molecule has 1 aliphatic carbocycles. The van der Waals surface area contributed by atoms with Crippen molar-refractivity contribution in [2.45, 2.75) is 58.6 Å². The molecule has 1 unspecified atom stereocenters. The summed E-state index contributed by atoms with van der Waals surface area (Å²) in [6.45, 7) is 7.87. The van der Waals surface area contributed by atoms with E-state index in [1.54, 1.807) is 14.2 Å². The average Bonchev–Trinajstić information content (AvgIpc) is 3.24. The highest BCUT2D eigenvalue weighted by molar-refractivity contribution is 5.80. The van der Waals surface area contributed by atoms with Crippen molar-refractivity contribution in [1.82, 2.24) is 16.0 Å². The van der Waals surface area contributed by atoms with E-state index in [1.165, 1.54) is 0 Å². The average molecular weight is 312 g/mol. The second-order valence-corrected chi connectivity index (χ2v) is 6.92. The maximum Gasteiger partial charge on any atom is 0.220 e. The van der Waals surface area contributed by atoms with Gasteiger partial charge >= 0.3 is 0 Å². The van der Waals surface area contributed by atoms with Crippen LogP contribution in [0.3, 0.4) is 0 Å². The molecule has 1 fully saturated rings. The molecule has 0 aromatic heterocycles. The van der Waals surface area contributed by atoms with Gasteiger partial charge in [0.1, 0.15) is 0 Å². The largest absolute Gasteiger partial charge is 0.379 e. The van der Waals surface area contributed by atoms with Crippen molar-refractivity contribution in [1.29, 1.82) is 0 Å². The number of rotatable bonds is 8. The van der Waals surface area contributed by atoms with Crippen LogP contribution in [0.2, 0.25) is 0 Å². The summed E-state index contributed by atoms with van der Waals surface area (Å²) >= 11 is 0. The SMILES string of the molecule is CN=C(NCCCC(=O)NC1CC1)NCC(OC)C(C)(C)C. The van der Waals surface area contributed by atoms with Crippen LogP contribution in [0.1, 0.15) is 46.5 Å². The minimum absolute atomic E-state index is 0.0709. The minimum atomic E-state index is 0.0709. The van der Waals surface area contributed by atoms with E-state index in [0.717, 1.165) is 31.8 Å². The summed E-state index contributed by atoms with van der Waals surface area (Å²) in [5.41, 5.74) is 0.0709. The van der Waals surface area contributed by atoms with Gasteiger partial charge in [-0.15, -0.1) is 0 Å². The summed E-state index contributed by atoms with van der Waals surface area (Å²) < 4.78 is 5.51. The number of carbonyl (C=O) groups is 1. The molecular weight excluding hydrogens is 280 g/mol. The number of nitrogens with one attached hydrogen (secondary N) is 3. The highest BCUT2D eigenvalue weighted by Crippen LogP contribution is 2.21. The van der Waals surface area contributed by atoms with Crippen molar-refractivity contribution < 1.29 is 9.53 Å². The molecule has 1 rings (SSSR count). The van der Waals surface area contributed by atoms with Gasteiger partial charge in [0.2, 0.25) is 5.91 Å². The number of methoxy groups -OCH3 is 1. The van der Waals surface area contributed by atoms with Gasteiger partial charge in [0.25, 0.3) is 0 Å². The molecular formula is C16H32N4O2. The Balaban J connectivity index is 2.17. The number of guanidine groups is 1. The Morgan fingerprint density at radius 3 is 2.50 bits per heavy atom. The third-order valence-electron chi connectivity index (χ3n) is 3.74. The zero-order chi connectivity index (χ0) is 16.6. The molecule has 0 bridgehead atoms. The topological polar surface area (TPSA) is 74.8 Å². The molecule has 1 saturated carbocycles. The number of carbonyl (C=O) groups excluding carboxylic acids is 1. The van der Waals surface area contributed by atoms with Crippen LogP contribution >= 0.6 is 0 Å². The van der Waals surface area contributed by atoms with E-state index in [-0.39, 0.29) is 17.4 Å². The Bertz CT molecular complexity index is 373. The zero-order valence-electron chi connectivity index (χ0n) is 14.7. The summed E-state index contributed by atoms with van der Waals surface area (Å²) in [4.78, 5) is 15.8. The lowest BCUT2D eigenvalue weighted by molar-refractivity contribution is -0.121. The molecule has 0 aromatic rings. The Hall–Kier alpha value is -1.30. The summed E-state index contributed by atoms with van der Waals surface area (Å²) in [5, 5.41) is 9.49. The first-order valence-electron chi connectivity index (χ1n) is 8.13. The maximum atomic E-state index is 11.6. The van der Waals surface area contributed by atoms with Crippen LogP contribution in [0.5, 0.6) is 0 Å². The zero-order valence-corrected chi connectivity index (χ0v) is 14.7. The van der Waals surface area contributed by atoms with Gasteiger partial charge in [-0.3, -0.25) is 9.79 Å². The number of nitrogens with zero attached hydrogens (tertiary/aromatic N) is 1. The molecule has 3 N–H and O–H groups in total. The van der Waals surface area contributed by atoms with Crippen LogP contribution in [0.15, 0.2) is 4.99 Å². The van der Waals surface area contributed by atoms with Gasteiger partial charge in [0, 0.05) is 39.7 Å². The normalized spacial score (nSPS) is 17.0. The number of amides is 1. The Morgan fingerprint density at radius 1 is 1.32 bits per heavy atom. The van der Waals surface area contributed by atoms with E-state index in [4.69, 9.17) is 4.74 Å². The Morgan fingerprint density at radius 2 is 2.00 bits per heavy atom. The first-order valence-corrected chi connectivity index (χ1v) is 8.13. The van der Waals surface area contributed by atoms with Gasteiger partial charge < -0.3 is 20.7 Å². The number of ether oxygens (including phenoxy) is 1. The molecule has 6 nitrogen and oxygen atoms in total. The van der Waals surface area contributed by atoms with Crippen molar-refractivity contribution in [3.8, 4) is 0 Å². The lowest BCUT2D eigenvalue weighted by Gasteiger charge is -2.30. The van der Waals surface area contributed by atoms with Crippen molar-refractivity contribution in [3.05, 3.63) is 0 Å². The van der Waals surface area contributed by atoms with Gasteiger partial charge in [-0.1, -0.05) is 20.8 Å². The lowest BCUT2D eigenvalue weighted by Crippen LogP contribution is -2.45. The summed E-state index contributed by atoms with van der Waals surface area (Å²) in [6.07, 6.45) is 3.73. The second kappa shape index (κ2) is 8.98. The van der Waals surface area contributed by atoms with Crippen LogP contribution < -0.4 is 16.0 Å². The third-order valence-corrected chi connectivity index (χ3v) is 3.74. The molecule has 1 aliphatic rings. The van der Waals surface area contributed by atoms with E-state index >= 15 is 0 Å². The van der Waals surface area contributed by atoms with Crippen molar-refractivity contribution >= 4 is 11.9 Å². The molecule has 1 amide bonds. The summed E-state index contributed by atoms with van der Waals surface area (Å²) in [5.74, 6) is 0.897. The molecule has 128 valence electrons. The molecule has 1 atom stereocenters. The number of hydrogen-bond donors (Lipinski definition) is 3. The highest BCUT2D eigenvalue weighted by Gasteiger charge is 2.24. The van der Waals surface area contributed by atoms with Crippen molar-refractivity contribution in [2.75, 3.05) is 27.2 Å². The fraction of sp³-hybridized carbons (Fsp3) is 0.875. The van der Waals surface area contributed by atoms with Crippen LogP contribution in [0.4, 0.5) is 0 Å². The molecule has 0 aliphatic heterocycles. The van der Waals surface area contributed by atoms with E-state index in [1.807, 2.05) is 0 Å². The predicted octanol–water partition coefficient (Wildman–Crippen LogP) is 1.27. The Kier molecular flexibility index (Phi) is 7.65. The lowest BCUT2D eigenvalue weighted by atomic mass is 9.89. The number of hydrogen-bond acceptors (Lipinski definition) is 3. The monoisotopic (exact) mass is 312 g/mol. The van der Waals surface area contributed by atoms with Crippen LogP contribution in [-0.2, 0) is 9.53 Å². The molecule has 0 heterocycles. The van der Waals surface area contributed by atoms with E-state index < -0.39 is 0 Å². The molecule has 0 radical (unpaired) electrons. The van der Waals surface area contributed by atoms with Crippen LogP contribution in [-0.4, -0.2) is 51.3 Å². The quantitative estimate of drug-likeness (QED) is 0.358. The van der Waals surface area contributed by atoms with Crippen LogP contribution in [0, 0.1) is 5.41 Å². The van der Waals surface area contributed by atoms with E-state index in [2.05, 4.69) is 41.7 Å². The van der Waals surface area contributed by atoms with E-state index in [0.29, 0.717) is 19.0 Å². The van der Waals surface area contributed by atoms with Gasteiger partial charge in [0.15, 0.2) is 5.96 Å². The first-order chi connectivity index (χ1) is 10.4. The van der Waals surface area contributed by atoms with Crippen LogP contribution in [0.25, 0.3) is 0 Å². The summed E-state index contributed by atoms with van der Waals surface area (Å²) in [7, 11) is 3.47. The van der Waals surface area contributed by atoms with Gasteiger partial charge in [-0.05, 0) is 24.7 Å². The predicted molar refractivity (Wildman–Crippen MR) is 90.0 cm³/mol. The number of aliphatic imine (C=N–C) groups is 1. The minimum Gasteiger partial charge on any atom is -0.379 e. The summed E-state index contributed by atoms with van der Waals surface area (Å²) in [6, 6.07) is 0.443. The fourth-order valence-corrected chi connectivity index (χ4v) is 2.14. The second-order valence-electron chi connectivity index (χ2n) is 6.92. The smallest absolute Gasteiger partial charge is 0.220 e. The fourth-order valence-electron chi connectivity index (χ4n) is 2.14.